The van der Waals surface area contributed by atoms with Crippen LogP contribution in [0.25, 0.3) is 0 Å². The zero-order chi connectivity index (χ0) is 15.5. The molecule has 0 saturated carbocycles. The molecule has 2 aromatic rings. The van der Waals surface area contributed by atoms with Gasteiger partial charge < -0.3 is 10.7 Å². The number of amides is 1. The number of sulfonamides is 1. The number of carbonyl (C=O) groups excluding carboxylic acids is 1. The van der Waals surface area contributed by atoms with Crippen molar-refractivity contribution in [2.45, 2.75) is 11.4 Å². The summed E-state index contributed by atoms with van der Waals surface area (Å²) >= 11 is 0. The first-order valence-corrected chi connectivity index (χ1v) is 7.44. The summed E-state index contributed by atoms with van der Waals surface area (Å²) in [6, 6.07) is 8.68. The summed E-state index contributed by atoms with van der Waals surface area (Å²) in [6.45, 7) is 0.00256. The second kappa shape index (κ2) is 5.90. The Morgan fingerprint density at radius 1 is 1.24 bits per heavy atom. The maximum atomic E-state index is 12.0. The van der Waals surface area contributed by atoms with Gasteiger partial charge in [-0.15, -0.1) is 0 Å². The van der Waals surface area contributed by atoms with Crippen molar-refractivity contribution in [1.82, 2.24) is 9.71 Å². The van der Waals surface area contributed by atoms with Gasteiger partial charge in [-0.2, -0.15) is 0 Å². The van der Waals surface area contributed by atoms with Gasteiger partial charge in [0.15, 0.2) is 0 Å². The molecule has 0 radical (unpaired) electrons. The fourth-order valence-electron chi connectivity index (χ4n) is 1.66. The molecule has 0 aliphatic carbocycles. The molecule has 8 heteroatoms. The first-order valence-electron chi connectivity index (χ1n) is 5.96. The van der Waals surface area contributed by atoms with Crippen LogP contribution < -0.4 is 16.0 Å². The fraction of sp³-hybridized carbons (Fsp3) is 0.0769. The average molecular weight is 307 g/mol. The van der Waals surface area contributed by atoms with Crippen LogP contribution in [0.2, 0.25) is 0 Å². The number of benzene rings is 1. The molecule has 1 aromatic heterocycles. The Kier molecular flexibility index (Phi) is 4.20. The van der Waals surface area contributed by atoms with Crippen LogP contribution in [0.15, 0.2) is 52.3 Å². The number of nitrogens with one attached hydrogen (secondary N) is 2. The van der Waals surface area contributed by atoms with E-state index in [-0.39, 0.29) is 17.0 Å². The van der Waals surface area contributed by atoms with Crippen molar-refractivity contribution in [2.75, 3.05) is 0 Å². The monoisotopic (exact) mass is 307 g/mol. The van der Waals surface area contributed by atoms with Crippen molar-refractivity contribution >= 4 is 15.9 Å². The second-order valence-corrected chi connectivity index (χ2v) is 6.04. The summed E-state index contributed by atoms with van der Waals surface area (Å²) < 4.78 is 26.4. The summed E-state index contributed by atoms with van der Waals surface area (Å²) in [5, 5.41) is 0. The minimum absolute atomic E-state index is 0.00256. The van der Waals surface area contributed by atoms with Gasteiger partial charge in [0.25, 0.3) is 0 Å². The third-order valence-corrected chi connectivity index (χ3v) is 4.14. The van der Waals surface area contributed by atoms with Gasteiger partial charge >= 0.3 is 0 Å². The second-order valence-electron chi connectivity index (χ2n) is 4.28. The Labute approximate surface area is 120 Å². The molecule has 1 aromatic carbocycles. The predicted octanol–water partition coefficient (Wildman–Crippen LogP) is -0.0477. The fourth-order valence-corrected chi connectivity index (χ4v) is 2.64. The number of aromatic amines is 1. The zero-order valence-electron chi connectivity index (χ0n) is 10.9. The molecule has 0 saturated heterocycles. The van der Waals surface area contributed by atoms with Gasteiger partial charge in [-0.3, -0.25) is 9.59 Å². The van der Waals surface area contributed by atoms with E-state index in [9.17, 15) is 18.0 Å². The molecule has 4 N–H and O–H groups in total. The highest BCUT2D eigenvalue weighted by Gasteiger charge is 2.13. The van der Waals surface area contributed by atoms with Crippen LogP contribution in [0.1, 0.15) is 15.9 Å². The van der Waals surface area contributed by atoms with Crippen LogP contribution in [0.3, 0.4) is 0 Å². The highest BCUT2D eigenvalue weighted by atomic mass is 32.2. The van der Waals surface area contributed by atoms with Crippen LogP contribution in [-0.2, 0) is 16.6 Å². The number of H-pyrrole nitrogens is 1. The van der Waals surface area contributed by atoms with E-state index in [1.165, 1.54) is 12.1 Å². The lowest BCUT2D eigenvalue weighted by Crippen LogP contribution is -2.24. The molecule has 0 aliphatic rings. The van der Waals surface area contributed by atoms with Gasteiger partial charge in [0.1, 0.15) is 0 Å². The zero-order valence-corrected chi connectivity index (χ0v) is 11.7. The number of hydrogen-bond donors (Lipinski definition) is 3. The summed E-state index contributed by atoms with van der Waals surface area (Å²) in [4.78, 5) is 24.2. The third-order valence-electron chi connectivity index (χ3n) is 2.74. The molecule has 0 fully saturated rings. The van der Waals surface area contributed by atoms with E-state index in [0.29, 0.717) is 11.1 Å². The Bertz CT molecular complexity index is 807. The number of hydrogen-bond acceptors (Lipinski definition) is 4. The number of primary amides is 1. The van der Waals surface area contributed by atoms with Gasteiger partial charge in [-0.05, 0) is 23.8 Å². The maximum Gasteiger partial charge on any atom is 0.248 e. The molecular weight excluding hydrogens is 294 g/mol. The van der Waals surface area contributed by atoms with E-state index in [0.717, 1.165) is 12.3 Å². The smallest absolute Gasteiger partial charge is 0.248 e. The van der Waals surface area contributed by atoms with Crippen molar-refractivity contribution in [3.05, 3.63) is 64.1 Å². The van der Waals surface area contributed by atoms with Gasteiger partial charge in [0.2, 0.25) is 21.5 Å². The molecular formula is C13H13N3O4S. The Morgan fingerprint density at radius 3 is 2.62 bits per heavy atom. The van der Waals surface area contributed by atoms with Crippen molar-refractivity contribution in [1.29, 1.82) is 0 Å². The minimum atomic E-state index is -3.74. The lowest BCUT2D eigenvalue weighted by molar-refractivity contribution is 0.1000. The van der Waals surface area contributed by atoms with Crippen LogP contribution in [0.5, 0.6) is 0 Å². The molecule has 0 unspecified atom stereocenters. The van der Waals surface area contributed by atoms with E-state index in [2.05, 4.69) is 9.71 Å². The van der Waals surface area contributed by atoms with Crippen molar-refractivity contribution in [3.63, 3.8) is 0 Å². The first kappa shape index (κ1) is 14.9. The summed E-state index contributed by atoms with van der Waals surface area (Å²) in [5.41, 5.74) is 5.67. The lowest BCUT2D eigenvalue weighted by atomic mass is 10.1. The predicted molar refractivity (Wildman–Crippen MR) is 76.0 cm³/mol. The molecule has 2 rings (SSSR count). The van der Waals surface area contributed by atoms with Crippen molar-refractivity contribution < 1.29 is 13.2 Å². The quantitative estimate of drug-likeness (QED) is 0.717. The number of pyridine rings is 1. The average Bonchev–Trinajstić information content (AvgIpc) is 2.46. The number of aromatic nitrogens is 1. The molecule has 0 bridgehead atoms. The Hall–Kier alpha value is -2.45. The molecule has 21 heavy (non-hydrogen) atoms. The normalized spacial score (nSPS) is 11.2. The Morgan fingerprint density at radius 2 is 2.00 bits per heavy atom. The number of carbonyl (C=O) groups is 1. The van der Waals surface area contributed by atoms with Gasteiger partial charge in [0.05, 0.1) is 4.90 Å². The van der Waals surface area contributed by atoms with Crippen LogP contribution in [0.4, 0.5) is 0 Å². The molecule has 0 aliphatic heterocycles. The molecule has 1 heterocycles. The lowest BCUT2D eigenvalue weighted by Gasteiger charge is -2.07. The van der Waals surface area contributed by atoms with Gasteiger partial charge in [0, 0.05) is 24.4 Å². The maximum absolute atomic E-state index is 12.0. The highest BCUT2D eigenvalue weighted by molar-refractivity contribution is 7.89. The van der Waals surface area contributed by atoms with Crippen molar-refractivity contribution in [2.24, 2.45) is 5.73 Å². The highest BCUT2D eigenvalue weighted by Crippen LogP contribution is 2.08. The molecule has 110 valence electrons. The van der Waals surface area contributed by atoms with Crippen LogP contribution in [0, 0.1) is 0 Å². The molecule has 0 atom stereocenters. The van der Waals surface area contributed by atoms with Crippen LogP contribution >= 0.6 is 0 Å². The molecule has 7 nitrogen and oxygen atoms in total. The molecule has 1 amide bonds. The van der Waals surface area contributed by atoms with Gasteiger partial charge in [-0.25, -0.2) is 13.1 Å². The minimum Gasteiger partial charge on any atom is -0.366 e. The summed E-state index contributed by atoms with van der Waals surface area (Å²) in [7, 11) is -3.74. The van der Waals surface area contributed by atoms with Gasteiger partial charge in [-0.1, -0.05) is 12.1 Å². The summed E-state index contributed by atoms with van der Waals surface area (Å²) in [6.07, 6.45) is 1.12. The van der Waals surface area contributed by atoms with Crippen LogP contribution in [-0.4, -0.2) is 19.3 Å². The standard InChI is InChI=1S/C13H13N3O4S/c14-13(18)10-3-1-2-9(6-10)7-16-21(19,20)11-4-5-12(17)15-8-11/h1-6,8,16H,7H2,(H2,14,18)(H,15,17). The molecule has 0 spiro atoms. The number of nitrogens with two attached hydrogens (primary N) is 1. The Balaban J connectivity index is 2.15. The van der Waals surface area contributed by atoms with E-state index >= 15 is 0 Å². The third kappa shape index (κ3) is 3.77. The largest absolute Gasteiger partial charge is 0.366 e. The van der Waals surface area contributed by atoms with E-state index in [1.54, 1.807) is 18.2 Å². The van der Waals surface area contributed by atoms with E-state index in [1.807, 2.05) is 0 Å². The van der Waals surface area contributed by atoms with E-state index < -0.39 is 15.9 Å². The van der Waals surface area contributed by atoms with Crippen molar-refractivity contribution in [3.8, 4) is 0 Å². The SMILES string of the molecule is NC(=O)c1cccc(CNS(=O)(=O)c2ccc(=O)[nH]c2)c1. The summed E-state index contributed by atoms with van der Waals surface area (Å²) in [5.74, 6) is -0.583. The number of rotatable bonds is 5. The van der Waals surface area contributed by atoms with E-state index in [4.69, 9.17) is 5.73 Å². The first-order chi connectivity index (χ1) is 9.88. The topological polar surface area (TPSA) is 122 Å².